The molecule has 1 aliphatic heterocycles. The molecule has 0 unspecified atom stereocenters. The van der Waals surface area contributed by atoms with E-state index in [0.717, 1.165) is 24.2 Å². The number of hydrogen-bond acceptors (Lipinski definition) is 5. The highest BCUT2D eigenvalue weighted by Gasteiger charge is 2.21. The third-order valence-electron chi connectivity index (χ3n) is 4.14. The number of anilines is 1. The number of amides is 1. The van der Waals surface area contributed by atoms with Crippen LogP contribution < -0.4 is 10.0 Å². The maximum atomic E-state index is 12.2. The molecule has 132 valence electrons. The number of benzene rings is 2. The van der Waals surface area contributed by atoms with Crippen LogP contribution in [0, 0.1) is 10.1 Å². The van der Waals surface area contributed by atoms with E-state index in [-0.39, 0.29) is 11.7 Å². The Hall–Kier alpha value is -3.48. The lowest BCUT2D eigenvalue weighted by atomic mass is 10.1. The summed E-state index contributed by atoms with van der Waals surface area (Å²) >= 11 is 0. The van der Waals surface area contributed by atoms with Gasteiger partial charge < -0.3 is 10.0 Å². The SMILES string of the molecule is O=C(/C=C/c1ccc([O-])c([N+](=O)[O-])c1)c1ccc(N2CCCC2=O)cc1. The summed E-state index contributed by atoms with van der Waals surface area (Å²) in [5.74, 6) is -0.879. The van der Waals surface area contributed by atoms with Gasteiger partial charge in [0.05, 0.1) is 4.92 Å². The number of allylic oxidation sites excluding steroid dienone is 1. The molecule has 0 spiro atoms. The molecule has 0 atom stereocenters. The van der Waals surface area contributed by atoms with Gasteiger partial charge in [0.15, 0.2) is 5.78 Å². The van der Waals surface area contributed by atoms with Crippen molar-refractivity contribution >= 4 is 29.1 Å². The van der Waals surface area contributed by atoms with Gasteiger partial charge >= 0.3 is 0 Å². The van der Waals surface area contributed by atoms with E-state index in [9.17, 15) is 24.8 Å². The summed E-state index contributed by atoms with van der Waals surface area (Å²) in [6.07, 6.45) is 4.08. The molecular weight excluding hydrogens is 336 g/mol. The van der Waals surface area contributed by atoms with Gasteiger partial charge in [-0.25, -0.2) is 0 Å². The van der Waals surface area contributed by atoms with Gasteiger partial charge in [-0.1, -0.05) is 18.2 Å². The molecule has 3 rings (SSSR count). The lowest BCUT2D eigenvalue weighted by Crippen LogP contribution is -2.23. The summed E-state index contributed by atoms with van der Waals surface area (Å²) in [5, 5.41) is 22.2. The quantitative estimate of drug-likeness (QED) is 0.356. The number of nitro groups is 1. The lowest BCUT2D eigenvalue weighted by Gasteiger charge is -2.15. The van der Waals surface area contributed by atoms with Gasteiger partial charge in [0.25, 0.3) is 5.69 Å². The van der Waals surface area contributed by atoms with Crippen LogP contribution in [-0.4, -0.2) is 23.2 Å². The fourth-order valence-corrected chi connectivity index (χ4v) is 2.78. The van der Waals surface area contributed by atoms with Crippen molar-refractivity contribution in [3.63, 3.8) is 0 Å². The second-order valence-corrected chi connectivity index (χ2v) is 5.88. The summed E-state index contributed by atoms with van der Waals surface area (Å²) in [6, 6.07) is 10.4. The van der Waals surface area contributed by atoms with Crippen LogP contribution in [0.1, 0.15) is 28.8 Å². The first kappa shape index (κ1) is 17.3. The monoisotopic (exact) mass is 351 g/mol. The van der Waals surface area contributed by atoms with Gasteiger partial charge in [-0.2, -0.15) is 0 Å². The molecule has 0 aromatic heterocycles. The van der Waals surface area contributed by atoms with Crippen molar-refractivity contribution in [2.24, 2.45) is 0 Å². The van der Waals surface area contributed by atoms with Gasteiger partial charge in [0.2, 0.25) is 5.91 Å². The molecule has 0 N–H and O–H groups in total. The largest absolute Gasteiger partial charge is 0.868 e. The minimum absolute atomic E-state index is 0.0763. The first-order valence-electron chi connectivity index (χ1n) is 8.04. The normalized spacial score (nSPS) is 14.2. The lowest BCUT2D eigenvalue weighted by molar-refractivity contribution is -0.398. The van der Waals surface area contributed by atoms with Gasteiger partial charge in [-0.3, -0.25) is 19.7 Å². The number of nitro benzene ring substituents is 1. The van der Waals surface area contributed by atoms with Crippen molar-refractivity contribution in [1.29, 1.82) is 0 Å². The van der Waals surface area contributed by atoms with Crippen LogP contribution in [0.3, 0.4) is 0 Å². The predicted octanol–water partition coefficient (Wildman–Crippen LogP) is 2.69. The molecule has 0 saturated carbocycles. The molecule has 7 nitrogen and oxygen atoms in total. The number of hydrogen-bond donors (Lipinski definition) is 0. The molecule has 0 radical (unpaired) electrons. The summed E-state index contributed by atoms with van der Waals surface area (Å²) in [7, 11) is 0. The van der Waals surface area contributed by atoms with E-state index in [1.165, 1.54) is 18.2 Å². The Bertz CT molecular complexity index is 903. The van der Waals surface area contributed by atoms with Crippen molar-refractivity contribution in [3.8, 4) is 5.75 Å². The summed E-state index contributed by atoms with van der Waals surface area (Å²) in [6.45, 7) is 0.681. The summed E-state index contributed by atoms with van der Waals surface area (Å²) in [4.78, 5) is 35.7. The highest BCUT2D eigenvalue weighted by molar-refractivity contribution is 6.07. The van der Waals surface area contributed by atoms with E-state index >= 15 is 0 Å². The fourth-order valence-electron chi connectivity index (χ4n) is 2.78. The minimum Gasteiger partial charge on any atom is -0.868 e. The van der Waals surface area contributed by atoms with E-state index < -0.39 is 16.4 Å². The van der Waals surface area contributed by atoms with E-state index in [1.807, 2.05) is 0 Å². The molecule has 1 aliphatic rings. The maximum Gasteiger partial charge on any atom is 0.262 e. The summed E-state index contributed by atoms with van der Waals surface area (Å²) < 4.78 is 0. The van der Waals surface area contributed by atoms with Crippen molar-refractivity contribution in [1.82, 2.24) is 0 Å². The second-order valence-electron chi connectivity index (χ2n) is 5.88. The van der Waals surface area contributed by atoms with Crippen LogP contribution in [0.4, 0.5) is 11.4 Å². The standard InChI is InChI=1S/C19H16N2O5/c22-17(9-3-13-4-10-18(23)16(12-13)21(25)26)14-5-7-15(8-6-14)20-11-1-2-19(20)24/h3-10,12,23H,1-2,11H2/p-1/b9-3+. The van der Waals surface area contributed by atoms with E-state index in [2.05, 4.69) is 0 Å². The molecular formula is C19H15N2O5-. The van der Waals surface area contributed by atoms with Crippen LogP contribution in [0.15, 0.2) is 48.5 Å². The van der Waals surface area contributed by atoms with E-state index in [4.69, 9.17) is 0 Å². The van der Waals surface area contributed by atoms with Crippen LogP contribution in [-0.2, 0) is 4.79 Å². The second kappa shape index (κ2) is 7.18. The van der Waals surface area contributed by atoms with Crippen molar-refractivity contribution in [2.75, 3.05) is 11.4 Å². The Morgan fingerprint density at radius 2 is 1.88 bits per heavy atom. The Labute approximate surface area is 149 Å². The Balaban J connectivity index is 1.73. The number of carbonyl (C=O) groups is 2. The van der Waals surface area contributed by atoms with Crippen LogP contribution in [0.25, 0.3) is 6.08 Å². The molecule has 1 heterocycles. The molecule has 2 aromatic carbocycles. The van der Waals surface area contributed by atoms with Crippen molar-refractivity contribution < 1.29 is 19.6 Å². The third kappa shape index (κ3) is 3.61. The number of rotatable bonds is 5. The topological polar surface area (TPSA) is 104 Å². The number of carbonyl (C=O) groups excluding carboxylic acids is 2. The molecule has 26 heavy (non-hydrogen) atoms. The van der Waals surface area contributed by atoms with Crippen molar-refractivity contribution in [2.45, 2.75) is 12.8 Å². The molecule has 0 bridgehead atoms. The van der Waals surface area contributed by atoms with Gasteiger partial charge in [-0.05, 0) is 48.1 Å². The average molecular weight is 351 g/mol. The first-order valence-corrected chi connectivity index (χ1v) is 8.04. The molecule has 0 aliphatic carbocycles. The molecule has 1 fully saturated rings. The van der Waals surface area contributed by atoms with E-state index in [1.54, 1.807) is 29.2 Å². The zero-order valence-electron chi connectivity index (χ0n) is 13.8. The molecule has 1 amide bonds. The first-order chi connectivity index (χ1) is 12.5. The highest BCUT2D eigenvalue weighted by atomic mass is 16.6. The smallest absolute Gasteiger partial charge is 0.262 e. The Morgan fingerprint density at radius 3 is 2.50 bits per heavy atom. The number of ketones is 1. The maximum absolute atomic E-state index is 12.2. The third-order valence-corrected chi connectivity index (χ3v) is 4.14. The fraction of sp³-hybridized carbons (Fsp3) is 0.158. The van der Waals surface area contributed by atoms with Gasteiger partial charge in [0, 0.05) is 30.3 Å². The van der Waals surface area contributed by atoms with Crippen LogP contribution in [0.5, 0.6) is 5.75 Å². The molecule has 2 aromatic rings. The average Bonchev–Trinajstić information content (AvgIpc) is 3.06. The van der Waals surface area contributed by atoms with Crippen molar-refractivity contribution in [3.05, 3.63) is 69.8 Å². The molecule has 7 heteroatoms. The summed E-state index contributed by atoms with van der Waals surface area (Å²) in [5.41, 5.74) is 1.06. The van der Waals surface area contributed by atoms with E-state index in [0.29, 0.717) is 24.1 Å². The van der Waals surface area contributed by atoms with Crippen LogP contribution >= 0.6 is 0 Å². The zero-order chi connectivity index (χ0) is 18.7. The van der Waals surface area contributed by atoms with Gasteiger partial charge in [0.1, 0.15) is 0 Å². The predicted molar refractivity (Wildman–Crippen MR) is 93.9 cm³/mol. The highest BCUT2D eigenvalue weighted by Crippen LogP contribution is 2.25. The minimum atomic E-state index is -0.750. The van der Waals surface area contributed by atoms with Gasteiger partial charge in [-0.15, -0.1) is 0 Å². The zero-order valence-corrected chi connectivity index (χ0v) is 13.8. The molecule has 1 saturated heterocycles. The Morgan fingerprint density at radius 1 is 1.15 bits per heavy atom. The number of nitrogens with zero attached hydrogens (tertiary/aromatic N) is 2. The Kier molecular flexibility index (Phi) is 4.79. The van der Waals surface area contributed by atoms with Crippen LogP contribution in [0.2, 0.25) is 0 Å².